The van der Waals surface area contributed by atoms with Gasteiger partial charge in [0, 0.05) is 18.5 Å². The summed E-state index contributed by atoms with van der Waals surface area (Å²) in [6, 6.07) is 0. The Kier molecular flexibility index (Phi) is 4.36. The first-order valence-electron chi connectivity index (χ1n) is 6.38. The lowest BCUT2D eigenvalue weighted by molar-refractivity contribution is 0.544. The summed E-state index contributed by atoms with van der Waals surface area (Å²) >= 11 is 8.50. The smallest absolute Gasteiger partial charge is 0.227 e. The van der Waals surface area contributed by atoms with E-state index in [4.69, 9.17) is 16.6 Å². The zero-order chi connectivity index (χ0) is 13.3. The van der Waals surface area contributed by atoms with Gasteiger partial charge < -0.3 is 4.90 Å². The van der Waals surface area contributed by atoms with Crippen molar-refractivity contribution >= 4 is 40.1 Å². The summed E-state index contributed by atoms with van der Waals surface area (Å²) in [5.41, 5.74) is 1.04. The molecule has 0 unspecified atom stereocenters. The molecule has 2 rings (SSSR count). The third-order valence-corrected chi connectivity index (χ3v) is 4.76. The van der Waals surface area contributed by atoms with Crippen LogP contribution in [0.3, 0.4) is 0 Å². The van der Waals surface area contributed by atoms with Gasteiger partial charge in [-0.2, -0.15) is 4.98 Å². The summed E-state index contributed by atoms with van der Waals surface area (Å²) in [6.45, 7) is 8.57. The maximum absolute atomic E-state index is 6.26. The van der Waals surface area contributed by atoms with E-state index >= 15 is 0 Å². The molecule has 5 heteroatoms. The molecule has 0 radical (unpaired) electrons. The van der Waals surface area contributed by atoms with Crippen LogP contribution in [0.25, 0.3) is 0 Å². The van der Waals surface area contributed by atoms with Gasteiger partial charge in [0.15, 0.2) is 0 Å². The van der Waals surface area contributed by atoms with Crippen molar-refractivity contribution in [3.63, 3.8) is 0 Å². The summed E-state index contributed by atoms with van der Waals surface area (Å²) in [4.78, 5) is 11.4. The van der Waals surface area contributed by atoms with Gasteiger partial charge >= 0.3 is 0 Å². The minimum Gasteiger partial charge on any atom is -0.341 e. The molecule has 1 fully saturated rings. The van der Waals surface area contributed by atoms with E-state index in [2.05, 4.69) is 53.2 Å². The molecule has 0 spiro atoms. The Labute approximate surface area is 127 Å². The molecule has 1 aliphatic rings. The zero-order valence-corrected chi connectivity index (χ0v) is 14.0. The number of aromatic nitrogens is 2. The van der Waals surface area contributed by atoms with Gasteiger partial charge in [-0.05, 0) is 41.9 Å². The highest BCUT2D eigenvalue weighted by atomic mass is 127. The maximum Gasteiger partial charge on any atom is 0.227 e. The number of anilines is 1. The van der Waals surface area contributed by atoms with E-state index in [1.165, 1.54) is 19.3 Å². The van der Waals surface area contributed by atoms with Crippen LogP contribution in [0, 0.1) is 3.57 Å². The first kappa shape index (κ1) is 14.3. The first-order chi connectivity index (χ1) is 8.39. The van der Waals surface area contributed by atoms with Crippen molar-refractivity contribution in [1.29, 1.82) is 0 Å². The van der Waals surface area contributed by atoms with Gasteiger partial charge in [-0.15, -0.1) is 0 Å². The summed E-state index contributed by atoms with van der Waals surface area (Å²) in [5.74, 6) is 0.796. The molecule has 0 aromatic carbocycles. The molecular weight excluding hydrogens is 361 g/mol. The van der Waals surface area contributed by atoms with Gasteiger partial charge in [0.2, 0.25) is 5.95 Å². The summed E-state index contributed by atoms with van der Waals surface area (Å²) in [7, 11) is 0. The van der Waals surface area contributed by atoms with Crippen molar-refractivity contribution < 1.29 is 0 Å². The molecule has 0 aliphatic carbocycles. The molecule has 2 heterocycles. The number of hydrogen-bond donors (Lipinski definition) is 0. The van der Waals surface area contributed by atoms with Gasteiger partial charge in [-0.3, -0.25) is 0 Å². The highest BCUT2D eigenvalue weighted by Gasteiger charge is 2.24. The molecule has 1 saturated heterocycles. The lowest BCUT2D eigenvalue weighted by atomic mass is 9.92. The van der Waals surface area contributed by atoms with E-state index in [0.717, 1.165) is 28.3 Å². The van der Waals surface area contributed by atoms with E-state index in [9.17, 15) is 0 Å². The van der Waals surface area contributed by atoms with Crippen LogP contribution in [-0.4, -0.2) is 23.1 Å². The van der Waals surface area contributed by atoms with Crippen molar-refractivity contribution in [2.45, 2.75) is 45.4 Å². The van der Waals surface area contributed by atoms with E-state index in [0.29, 0.717) is 5.15 Å². The monoisotopic (exact) mass is 379 g/mol. The normalized spacial score (nSPS) is 17.1. The average Bonchev–Trinajstić information content (AvgIpc) is 2.32. The molecule has 0 saturated carbocycles. The predicted molar refractivity (Wildman–Crippen MR) is 84.5 cm³/mol. The molecule has 1 aliphatic heterocycles. The fourth-order valence-corrected chi connectivity index (χ4v) is 3.36. The molecule has 3 nitrogen and oxygen atoms in total. The van der Waals surface area contributed by atoms with Crippen LogP contribution >= 0.6 is 34.2 Å². The van der Waals surface area contributed by atoms with E-state index < -0.39 is 0 Å². The first-order valence-corrected chi connectivity index (χ1v) is 7.84. The minimum absolute atomic E-state index is 0.00631. The zero-order valence-electron chi connectivity index (χ0n) is 11.1. The fourth-order valence-electron chi connectivity index (χ4n) is 2.14. The molecule has 0 amide bonds. The Balaban J connectivity index is 2.40. The van der Waals surface area contributed by atoms with E-state index in [1.807, 2.05) is 0 Å². The Hall–Kier alpha value is -0.100. The van der Waals surface area contributed by atoms with Crippen LogP contribution in [0.4, 0.5) is 5.95 Å². The highest BCUT2D eigenvalue weighted by molar-refractivity contribution is 14.1. The van der Waals surface area contributed by atoms with E-state index in [-0.39, 0.29) is 5.41 Å². The maximum atomic E-state index is 6.26. The number of rotatable bonds is 1. The van der Waals surface area contributed by atoms with Gasteiger partial charge in [0.1, 0.15) is 5.15 Å². The predicted octanol–water partition coefficient (Wildman–Crippen LogP) is 4.02. The average molecular weight is 380 g/mol. The van der Waals surface area contributed by atoms with Crippen molar-refractivity contribution in [3.05, 3.63) is 14.4 Å². The highest BCUT2D eigenvalue weighted by Crippen LogP contribution is 2.31. The largest absolute Gasteiger partial charge is 0.341 e. The van der Waals surface area contributed by atoms with Crippen molar-refractivity contribution in [2.75, 3.05) is 18.0 Å². The van der Waals surface area contributed by atoms with Crippen LogP contribution < -0.4 is 4.90 Å². The summed E-state index contributed by atoms with van der Waals surface area (Å²) in [5, 5.41) is 0.580. The fraction of sp³-hybridized carbons (Fsp3) is 0.692. The second-order valence-electron chi connectivity index (χ2n) is 5.77. The second kappa shape index (κ2) is 5.49. The molecule has 0 atom stereocenters. The van der Waals surface area contributed by atoms with Gasteiger partial charge in [0.25, 0.3) is 0 Å². The van der Waals surface area contributed by atoms with Crippen LogP contribution in [0.1, 0.15) is 45.7 Å². The molecular formula is C13H19ClIN3. The standard InChI is InChI=1S/C13H19ClIN3/c1-13(2,3)10-9(15)11(14)17-12(16-10)18-7-5-4-6-8-18/h4-8H2,1-3H3. The molecule has 1 aromatic rings. The Morgan fingerprint density at radius 2 is 1.72 bits per heavy atom. The SMILES string of the molecule is CC(C)(C)c1nc(N2CCCCC2)nc(Cl)c1I. The quantitative estimate of drug-likeness (QED) is 0.545. The Morgan fingerprint density at radius 1 is 1.11 bits per heavy atom. The van der Waals surface area contributed by atoms with Crippen molar-refractivity contribution in [1.82, 2.24) is 9.97 Å². The van der Waals surface area contributed by atoms with Gasteiger partial charge in [-0.1, -0.05) is 32.4 Å². The molecule has 100 valence electrons. The lowest BCUT2D eigenvalue weighted by Crippen LogP contribution is -2.32. The third kappa shape index (κ3) is 3.07. The summed E-state index contributed by atoms with van der Waals surface area (Å²) < 4.78 is 0.975. The topological polar surface area (TPSA) is 29.0 Å². The molecule has 18 heavy (non-hydrogen) atoms. The Bertz CT molecular complexity index is 437. The summed E-state index contributed by atoms with van der Waals surface area (Å²) in [6.07, 6.45) is 3.75. The van der Waals surface area contributed by atoms with Crippen LogP contribution in [0.15, 0.2) is 0 Å². The Morgan fingerprint density at radius 3 is 2.28 bits per heavy atom. The van der Waals surface area contributed by atoms with E-state index in [1.54, 1.807) is 0 Å². The van der Waals surface area contributed by atoms with Crippen molar-refractivity contribution in [3.8, 4) is 0 Å². The lowest BCUT2D eigenvalue weighted by Gasteiger charge is -2.29. The van der Waals surface area contributed by atoms with Crippen molar-refractivity contribution in [2.24, 2.45) is 0 Å². The minimum atomic E-state index is -0.00631. The molecule has 0 N–H and O–H groups in total. The second-order valence-corrected chi connectivity index (χ2v) is 7.21. The molecule has 1 aromatic heterocycles. The number of hydrogen-bond acceptors (Lipinski definition) is 3. The number of halogens is 2. The van der Waals surface area contributed by atoms with Gasteiger partial charge in [0.05, 0.1) is 9.26 Å². The van der Waals surface area contributed by atoms with Crippen LogP contribution in [0.2, 0.25) is 5.15 Å². The number of nitrogens with zero attached hydrogens (tertiary/aromatic N) is 3. The van der Waals surface area contributed by atoms with Crippen LogP contribution in [0.5, 0.6) is 0 Å². The third-order valence-electron chi connectivity index (χ3n) is 3.15. The van der Waals surface area contributed by atoms with Gasteiger partial charge in [-0.25, -0.2) is 4.98 Å². The van der Waals surface area contributed by atoms with Crippen LogP contribution in [-0.2, 0) is 5.41 Å². The number of piperidine rings is 1. The molecule has 0 bridgehead atoms.